The van der Waals surface area contributed by atoms with Gasteiger partial charge in [0.15, 0.2) is 18.5 Å². The van der Waals surface area contributed by atoms with Crippen LogP contribution in [0.1, 0.15) is 39.7 Å². The van der Waals surface area contributed by atoms with Crippen molar-refractivity contribution in [2.75, 3.05) is 6.54 Å². The van der Waals surface area contributed by atoms with Crippen LogP contribution in [0.5, 0.6) is 0 Å². The number of nitrogens with one attached hydrogen (secondary N) is 2. The van der Waals surface area contributed by atoms with Crippen LogP contribution in [0.3, 0.4) is 0 Å². The van der Waals surface area contributed by atoms with Gasteiger partial charge in [0.25, 0.3) is 5.91 Å². The number of hydrogen-bond acceptors (Lipinski definition) is 5. The van der Waals surface area contributed by atoms with E-state index < -0.39 is 34.9 Å². The lowest BCUT2D eigenvalue weighted by molar-refractivity contribution is -0.136. The van der Waals surface area contributed by atoms with E-state index in [1.807, 2.05) is 45.0 Å². The van der Waals surface area contributed by atoms with Crippen molar-refractivity contribution >= 4 is 54.3 Å². The van der Waals surface area contributed by atoms with E-state index in [2.05, 4.69) is 31.6 Å². The molecule has 0 saturated carbocycles. The average Bonchev–Trinajstić information content (AvgIpc) is 3.25. The van der Waals surface area contributed by atoms with Crippen LogP contribution in [0.15, 0.2) is 33.7 Å². The van der Waals surface area contributed by atoms with Crippen LogP contribution >= 0.6 is 15.9 Å². The first kappa shape index (κ1) is 24.5. The predicted molar refractivity (Wildman–Crippen MR) is 126 cm³/mol. The molecule has 2 aliphatic rings. The molecule has 1 fully saturated rings. The zero-order valence-electron chi connectivity index (χ0n) is 18.6. The number of carbonyl (C=O) groups excluding carboxylic acids is 3. The quantitative estimate of drug-likeness (QED) is 0.526. The lowest BCUT2D eigenvalue weighted by Gasteiger charge is -2.35. The highest BCUT2D eigenvalue weighted by Crippen LogP contribution is 2.33. The van der Waals surface area contributed by atoms with Crippen LogP contribution in [-0.4, -0.2) is 73.1 Å². The zero-order valence-corrected chi connectivity index (χ0v) is 20.1. The number of β-amino-alcohol motifs (C(OH)–C–C–N with tert-alkyl or cyclic N) is 1. The van der Waals surface area contributed by atoms with E-state index in [1.165, 1.54) is 4.90 Å². The highest BCUT2D eigenvalue weighted by molar-refractivity contribution is 9.10. The van der Waals surface area contributed by atoms with Gasteiger partial charge in [0.05, 0.1) is 12.1 Å². The number of likely N-dealkylation sites (tertiary alicyclic amines) is 1. The standard InChI is InChI=1S/C21H26B2BrN4O4/c1-20(2,3)15(25-19(32)23-22)17(30)28-10-13(29)9-14(28)16-26-18(31)21(4,27-16)11-5-7-12(24)8-6-11/h5-8,13-15,29H,9-10H2,1-4H3,(H,25,32)(H,26,27,31)/t13-,14+,15?,21?/m1/s1. The third kappa shape index (κ3) is 4.78. The minimum absolute atomic E-state index is 0.0716. The number of aliphatic imine (C=N–C) groups is 1. The molecule has 2 heterocycles. The summed E-state index contributed by atoms with van der Waals surface area (Å²) in [6.07, 6.45) is -0.546. The summed E-state index contributed by atoms with van der Waals surface area (Å²) in [5, 5.41) is 15.8. The number of benzene rings is 1. The molecule has 3 amide bonds. The molecule has 1 aromatic carbocycles. The molecule has 3 radical (unpaired) electrons. The maximum atomic E-state index is 13.5. The highest BCUT2D eigenvalue weighted by atomic mass is 79.9. The lowest BCUT2D eigenvalue weighted by Crippen LogP contribution is -2.58. The van der Waals surface area contributed by atoms with Crippen LogP contribution in [0.2, 0.25) is 0 Å². The molecule has 0 spiro atoms. The topological polar surface area (TPSA) is 111 Å². The number of hydrogen-bond donors (Lipinski definition) is 3. The van der Waals surface area contributed by atoms with Crippen LogP contribution in [-0.2, 0) is 15.1 Å². The van der Waals surface area contributed by atoms with Crippen molar-refractivity contribution in [2.24, 2.45) is 10.4 Å². The van der Waals surface area contributed by atoms with Gasteiger partial charge in [0, 0.05) is 25.2 Å². The third-order valence-electron chi connectivity index (χ3n) is 5.86. The van der Waals surface area contributed by atoms with Crippen LogP contribution in [0.4, 0.5) is 4.79 Å². The second-order valence-corrected chi connectivity index (χ2v) is 10.3. The molecule has 1 aromatic rings. The summed E-state index contributed by atoms with van der Waals surface area (Å²) < 4.78 is 0.883. The molecule has 0 aromatic heterocycles. The van der Waals surface area contributed by atoms with E-state index in [-0.39, 0.29) is 24.8 Å². The molecule has 2 unspecified atom stereocenters. The lowest BCUT2D eigenvalue weighted by atomic mass is 9.55. The molecular formula is C21H26B2BrN4O4. The summed E-state index contributed by atoms with van der Waals surface area (Å²) in [7, 11) is 6.17. The molecule has 2 aliphatic heterocycles. The van der Waals surface area contributed by atoms with Gasteiger partial charge in [-0.05, 0) is 30.0 Å². The molecule has 167 valence electrons. The Labute approximate surface area is 198 Å². The predicted octanol–water partition coefficient (Wildman–Crippen LogP) is 1.07. The molecule has 0 bridgehead atoms. The number of aliphatic hydroxyl groups is 1. The number of rotatable bonds is 5. The summed E-state index contributed by atoms with van der Waals surface area (Å²) in [6.45, 7) is 7.27. The van der Waals surface area contributed by atoms with E-state index in [0.717, 1.165) is 11.6 Å². The van der Waals surface area contributed by atoms with Crippen molar-refractivity contribution in [3.8, 4) is 0 Å². The van der Waals surface area contributed by atoms with E-state index in [9.17, 15) is 19.5 Å². The van der Waals surface area contributed by atoms with Crippen molar-refractivity contribution in [3.63, 3.8) is 0 Å². The van der Waals surface area contributed by atoms with E-state index in [4.69, 9.17) is 7.74 Å². The normalized spacial score (nSPS) is 26.4. The Hall–Kier alpha value is -2.13. The van der Waals surface area contributed by atoms with Gasteiger partial charge in [-0.25, -0.2) is 4.99 Å². The van der Waals surface area contributed by atoms with Crippen molar-refractivity contribution in [1.29, 1.82) is 0 Å². The smallest absolute Gasteiger partial charge is 0.257 e. The maximum absolute atomic E-state index is 13.5. The molecule has 11 heteroatoms. The SMILES string of the molecule is [B][B]C(=O)NC(C(=O)N1C[C@H](O)C[C@H]1C1=NC(C)(c2ccc(Br)cc2)C(=O)N1)C(C)(C)C. The second-order valence-electron chi connectivity index (χ2n) is 9.40. The summed E-state index contributed by atoms with van der Waals surface area (Å²) >= 11 is 3.39. The van der Waals surface area contributed by atoms with Gasteiger partial charge in [0.1, 0.15) is 11.9 Å². The van der Waals surface area contributed by atoms with E-state index >= 15 is 0 Å². The van der Waals surface area contributed by atoms with E-state index in [0.29, 0.717) is 11.4 Å². The molecular weight excluding hydrogens is 474 g/mol. The molecule has 3 N–H and O–H groups in total. The summed E-state index contributed by atoms with van der Waals surface area (Å²) in [5.74, 6) is -0.913. The Kier molecular flexibility index (Phi) is 6.91. The number of carbonyl (C=O) groups is 3. The minimum atomic E-state index is -1.15. The first-order chi connectivity index (χ1) is 14.9. The van der Waals surface area contributed by atoms with Crippen molar-refractivity contribution in [1.82, 2.24) is 15.5 Å². The first-order valence-electron chi connectivity index (χ1n) is 10.4. The largest absolute Gasteiger partial charge is 0.391 e. The number of amidine groups is 1. The monoisotopic (exact) mass is 499 g/mol. The van der Waals surface area contributed by atoms with Crippen LogP contribution in [0.25, 0.3) is 0 Å². The molecule has 3 rings (SSSR count). The van der Waals surface area contributed by atoms with Crippen molar-refractivity contribution < 1.29 is 19.5 Å². The minimum Gasteiger partial charge on any atom is -0.391 e. The van der Waals surface area contributed by atoms with Crippen molar-refractivity contribution in [3.05, 3.63) is 34.3 Å². The number of nitrogens with zero attached hydrogens (tertiary/aromatic N) is 2. The fraction of sp³-hybridized carbons (Fsp3) is 0.524. The van der Waals surface area contributed by atoms with Gasteiger partial charge in [0.2, 0.25) is 5.91 Å². The Bertz CT molecular complexity index is 950. The van der Waals surface area contributed by atoms with Crippen molar-refractivity contribution in [2.45, 2.75) is 57.8 Å². The molecule has 1 saturated heterocycles. The maximum Gasteiger partial charge on any atom is 0.257 e. The molecule has 0 aliphatic carbocycles. The van der Waals surface area contributed by atoms with Gasteiger partial charge in [-0.3, -0.25) is 14.4 Å². The van der Waals surface area contributed by atoms with Gasteiger partial charge in [-0.1, -0.05) is 48.8 Å². The molecule has 32 heavy (non-hydrogen) atoms. The van der Waals surface area contributed by atoms with Crippen LogP contribution in [0, 0.1) is 5.41 Å². The Morgan fingerprint density at radius 3 is 2.56 bits per heavy atom. The molecule has 4 atom stereocenters. The first-order valence-corrected chi connectivity index (χ1v) is 11.2. The Balaban J connectivity index is 1.92. The Morgan fingerprint density at radius 2 is 2.00 bits per heavy atom. The number of amides is 3. The van der Waals surface area contributed by atoms with E-state index in [1.54, 1.807) is 6.92 Å². The second kappa shape index (κ2) is 9.02. The fourth-order valence-electron chi connectivity index (χ4n) is 4.01. The van der Waals surface area contributed by atoms with Gasteiger partial charge in [-0.15, -0.1) is 0 Å². The number of halogens is 1. The number of aliphatic hydroxyl groups excluding tert-OH is 1. The average molecular weight is 500 g/mol. The summed E-state index contributed by atoms with van der Waals surface area (Å²) in [6, 6.07) is 5.80. The fourth-order valence-corrected chi connectivity index (χ4v) is 4.27. The van der Waals surface area contributed by atoms with Crippen LogP contribution < -0.4 is 10.6 Å². The summed E-state index contributed by atoms with van der Waals surface area (Å²) in [5.41, 5.74) is -1.05. The third-order valence-corrected chi connectivity index (χ3v) is 6.39. The zero-order chi connectivity index (χ0) is 23.8. The summed E-state index contributed by atoms with van der Waals surface area (Å²) in [4.78, 5) is 44.4. The highest BCUT2D eigenvalue weighted by Gasteiger charge is 2.48. The van der Waals surface area contributed by atoms with Gasteiger partial charge < -0.3 is 20.6 Å². The van der Waals surface area contributed by atoms with Gasteiger partial charge >= 0.3 is 0 Å². The van der Waals surface area contributed by atoms with Gasteiger partial charge in [-0.2, -0.15) is 0 Å². The molecule has 8 nitrogen and oxygen atoms in total. The Morgan fingerprint density at radius 1 is 1.38 bits per heavy atom.